The van der Waals surface area contributed by atoms with E-state index in [0.29, 0.717) is 6.61 Å². The molecule has 2 rings (SSSR count). The van der Waals surface area contributed by atoms with Gasteiger partial charge in [-0.2, -0.15) is 0 Å². The van der Waals surface area contributed by atoms with Crippen LogP contribution in [0.3, 0.4) is 0 Å². The van der Waals surface area contributed by atoms with Crippen LogP contribution in [-0.2, 0) is 0 Å². The largest absolute Gasteiger partial charge is 0.489 e. The molecular weight excluding hydrogens is 152 g/mol. The number of ether oxygens (including phenoxy) is 1. The summed E-state index contributed by atoms with van der Waals surface area (Å²) in [6, 6.07) is 8.03. The molecule has 1 aliphatic heterocycles. The second kappa shape index (κ2) is 3.39. The van der Waals surface area contributed by atoms with Crippen molar-refractivity contribution >= 4 is 17.0 Å². The van der Waals surface area contributed by atoms with E-state index in [1.54, 1.807) is 0 Å². The molecule has 0 saturated heterocycles. The molecule has 0 amide bonds. The highest BCUT2D eigenvalue weighted by Crippen LogP contribution is 2.21. The van der Waals surface area contributed by atoms with Crippen molar-refractivity contribution < 1.29 is 4.74 Å². The van der Waals surface area contributed by atoms with Crippen molar-refractivity contribution in [1.82, 2.24) is 0 Å². The molecule has 2 heteroatoms. The van der Waals surface area contributed by atoms with Crippen LogP contribution >= 0.6 is 0 Å². The first-order valence-corrected chi connectivity index (χ1v) is 3.35. The summed E-state index contributed by atoms with van der Waals surface area (Å²) < 4.78 is 5.34. The van der Waals surface area contributed by atoms with Crippen LogP contribution in [-0.4, -0.2) is 17.6 Å². The highest BCUT2D eigenvalue weighted by Gasteiger charge is 2.01. The van der Waals surface area contributed by atoms with Crippen molar-refractivity contribution in [2.45, 2.75) is 0 Å². The lowest BCUT2D eigenvalue weighted by Gasteiger charge is -2.10. The van der Waals surface area contributed by atoms with Gasteiger partial charge in [-0.1, -0.05) is 24.3 Å². The average Bonchev–Trinajstić information content (AvgIpc) is 2.05. The molecule has 11 heavy (non-hydrogen) atoms. The highest BCUT2D eigenvalue weighted by atomic mass is 28.1. The molecule has 4 radical (unpaired) electrons. The number of hydrogen-bond acceptors (Lipinski definition) is 1. The molecule has 54 valence electrons. The second-order valence-electron chi connectivity index (χ2n) is 2.25. The van der Waals surface area contributed by atoms with E-state index in [1.807, 2.05) is 30.3 Å². The number of rotatable bonds is 0. The normalized spacial score (nSPS) is 12.7. The zero-order valence-electron chi connectivity index (χ0n) is 6.08. The summed E-state index contributed by atoms with van der Waals surface area (Å²) >= 11 is 0. The minimum Gasteiger partial charge on any atom is -0.489 e. The minimum atomic E-state index is 0. The number of hydrogen-bond donors (Lipinski definition) is 0. The standard InChI is InChI=1S/C9H8O.Si/c1-2-6-9-8(4-1)5-3-7-10-9;/h1-6H,7H2;. The van der Waals surface area contributed by atoms with E-state index in [4.69, 9.17) is 4.74 Å². The van der Waals surface area contributed by atoms with Crippen molar-refractivity contribution in [2.24, 2.45) is 0 Å². The van der Waals surface area contributed by atoms with Crippen LogP contribution in [0.15, 0.2) is 30.3 Å². The van der Waals surface area contributed by atoms with Gasteiger partial charge in [0.1, 0.15) is 12.4 Å². The van der Waals surface area contributed by atoms with Crippen molar-refractivity contribution in [3.05, 3.63) is 35.9 Å². The van der Waals surface area contributed by atoms with Gasteiger partial charge < -0.3 is 4.74 Å². The molecule has 0 aliphatic carbocycles. The fraction of sp³-hybridized carbons (Fsp3) is 0.111. The van der Waals surface area contributed by atoms with E-state index in [0.717, 1.165) is 5.75 Å². The molecule has 1 aromatic rings. The SMILES string of the molecule is C1=Cc2ccccc2OC1.[Si]. The fourth-order valence-electron chi connectivity index (χ4n) is 1.06. The molecule has 0 fully saturated rings. The average molecular weight is 160 g/mol. The summed E-state index contributed by atoms with van der Waals surface area (Å²) in [6.07, 6.45) is 4.10. The maximum atomic E-state index is 5.34. The van der Waals surface area contributed by atoms with Gasteiger partial charge >= 0.3 is 0 Å². The zero-order chi connectivity index (χ0) is 6.81. The minimum absolute atomic E-state index is 0. The fourth-order valence-corrected chi connectivity index (χ4v) is 1.06. The predicted molar refractivity (Wildman–Crippen MR) is 46.7 cm³/mol. The summed E-state index contributed by atoms with van der Waals surface area (Å²) in [5.74, 6) is 0.991. The number of para-hydroxylation sites is 1. The first-order chi connectivity index (χ1) is 4.97. The van der Waals surface area contributed by atoms with Gasteiger partial charge in [0.05, 0.1) is 0 Å². The molecule has 0 spiro atoms. The monoisotopic (exact) mass is 160 g/mol. The Morgan fingerprint density at radius 3 is 2.82 bits per heavy atom. The Labute approximate surface area is 70.7 Å². The Morgan fingerprint density at radius 1 is 1.18 bits per heavy atom. The predicted octanol–water partition coefficient (Wildman–Crippen LogP) is 1.71. The van der Waals surface area contributed by atoms with E-state index < -0.39 is 0 Å². The number of benzene rings is 1. The lowest BCUT2D eigenvalue weighted by Crippen LogP contribution is -1.98. The molecule has 0 aromatic heterocycles. The molecule has 1 nitrogen and oxygen atoms in total. The molecular formula is C9H8OSi. The Bertz CT molecular complexity index is 268. The van der Waals surface area contributed by atoms with Crippen molar-refractivity contribution in [3.63, 3.8) is 0 Å². The van der Waals surface area contributed by atoms with E-state index in [-0.39, 0.29) is 11.0 Å². The van der Waals surface area contributed by atoms with Crippen LogP contribution in [0.4, 0.5) is 0 Å². The van der Waals surface area contributed by atoms with E-state index >= 15 is 0 Å². The van der Waals surface area contributed by atoms with Crippen LogP contribution in [0, 0.1) is 0 Å². The second-order valence-corrected chi connectivity index (χ2v) is 2.25. The lowest BCUT2D eigenvalue weighted by molar-refractivity contribution is 0.358. The van der Waals surface area contributed by atoms with E-state index in [1.165, 1.54) is 5.56 Å². The van der Waals surface area contributed by atoms with Crippen molar-refractivity contribution in [1.29, 1.82) is 0 Å². The van der Waals surface area contributed by atoms with Gasteiger partial charge in [0.15, 0.2) is 0 Å². The molecule has 0 saturated carbocycles. The highest BCUT2D eigenvalue weighted by molar-refractivity contribution is 5.75. The van der Waals surface area contributed by atoms with Crippen LogP contribution in [0.1, 0.15) is 5.56 Å². The van der Waals surface area contributed by atoms with Gasteiger partial charge in [-0.05, 0) is 12.1 Å². The van der Waals surface area contributed by atoms with Gasteiger partial charge in [-0.3, -0.25) is 0 Å². The Hall–Kier alpha value is -1.02. The quantitative estimate of drug-likeness (QED) is 0.525. The van der Waals surface area contributed by atoms with Crippen LogP contribution in [0.5, 0.6) is 5.75 Å². The van der Waals surface area contributed by atoms with E-state index in [9.17, 15) is 0 Å². The molecule has 1 aliphatic rings. The Kier molecular flexibility index (Phi) is 2.49. The van der Waals surface area contributed by atoms with Gasteiger partial charge in [-0.15, -0.1) is 0 Å². The smallest absolute Gasteiger partial charge is 0.126 e. The summed E-state index contributed by atoms with van der Waals surface area (Å²) in [5.41, 5.74) is 1.17. The van der Waals surface area contributed by atoms with Gasteiger partial charge in [0.25, 0.3) is 0 Å². The third-order valence-corrected chi connectivity index (χ3v) is 1.55. The van der Waals surface area contributed by atoms with Gasteiger partial charge in [0.2, 0.25) is 0 Å². The van der Waals surface area contributed by atoms with Crippen LogP contribution in [0.25, 0.3) is 6.08 Å². The third-order valence-electron chi connectivity index (χ3n) is 1.55. The topological polar surface area (TPSA) is 9.23 Å². The first-order valence-electron chi connectivity index (χ1n) is 3.35. The van der Waals surface area contributed by atoms with Crippen molar-refractivity contribution in [3.8, 4) is 5.75 Å². The molecule has 0 N–H and O–H groups in total. The van der Waals surface area contributed by atoms with Gasteiger partial charge in [0, 0.05) is 16.5 Å². The molecule has 0 atom stereocenters. The zero-order valence-corrected chi connectivity index (χ0v) is 7.08. The maximum absolute atomic E-state index is 5.34. The molecule has 0 bridgehead atoms. The summed E-state index contributed by atoms with van der Waals surface area (Å²) in [5, 5.41) is 0. The van der Waals surface area contributed by atoms with Crippen LogP contribution < -0.4 is 4.74 Å². The molecule has 1 heterocycles. The van der Waals surface area contributed by atoms with Crippen LogP contribution in [0.2, 0.25) is 0 Å². The lowest BCUT2D eigenvalue weighted by atomic mass is 10.1. The summed E-state index contributed by atoms with van der Waals surface area (Å²) in [6.45, 7) is 0.705. The summed E-state index contributed by atoms with van der Waals surface area (Å²) in [4.78, 5) is 0. The molecule has 1 aromatic carbocycles. The molecule has 0 unspecified atom stereocenters. The Balaban J connectivity index is 0.000000605. The van der Waals surface area contributed by atoms with Gasteiger partial charge in [-0.25, -0.2) is 0 Å². The van der Waals surface area contributed by atoms with E-state index in [2.05, 4.69) is 6.08 Å². The number of fused-ring (bicyclic) bond motifs is 1. The summed E-state index contributed by atoms with van der Waals surface area (Å²) in [7, 11) is 0. The maximum Gasteiger partial charge on any atom is 0.126 e. The Morgan fingerprint density at radius 2 is 2.00 bits per heavy atom. The third kappa shape index (κ3) is 1.52. The first kappa shape index (κ1) is 8.08. The van der Waals surface area contributed by atoms with Crippen molar-refractivity contribution in [2.75, 3.05) is 6.61 Å².